The zero-order chi connectivity index (χ0) is 17.7. The molecule has 0 saturated heterocycles. The van der Waals surface area contributed by atoms with Crippen molar-refractivity contribution in [2.24, 2.45) is 0 Å². The maximum Gasteiger partial charge on any atom is 0.309 e. The Morgan fingerprint density at radius 2 is 1.92 bits per heavy atom. The van der Waals surface area contributed by atoms with Gasteiger partial charge in [-0.2, -0.15) is 4.98 Å². The molecule has 2 aromatic rings. The van der Waals surface area contributed by atoms with E-state index in [-0.39, 0.29) is 18.2 Å². The van der Waals surface area contributed by atoms with E-state index in [1.54, 1.807) is 13.8 Å². The van der Waals surface area contributed by atoms with Gasteiger partial charge in [0.15, 0.2) is 11.9 Å². The average molecular weight is 331 g/mol. The van der Waals surface area contributed by atoms with Gasteiger partial charge in [-0.15, -0.1) is 0 Å². The predicted molar refractivity (Wildman–Crippen MR) is 85.9 cm³/mol. The molecule has 128 valence electrons. The molecule has 0 saturated carbocycles. The molecular formula is C17H21N3O4. The lowest BCUT2D eigenvalue weighted by molar-refractivity contribution is -0.150. The third-order valence-electron chi connectivity index (χ3n) is 3.43. The highest BCUT2D eigenvalue weighted by Gasteiger charge is 2.22. The maximum absolute atomic E-state index is 12.2. The van der Waals surface area contributed by atoms with Crippen LogP contribution in [0.15, 0.2) is 28.8 Å². The fourth-order valence-electron chi connectivity index (χ4n) is 2.24. The molecule has 2 unspecified atom stereocenters. The molecule has 0 aliphatic heterocycles. The highest BCUT2D eigenvalue weighted by molar-refractivity contribution is 5.76. The summed E-state index contributed by atoms with van der Waals surface area (Å²) in [5, 5.41) is 6.44. The van der Waals surface area contributed by atoms with Crippen LogP contribution in [0.3, 0.4) is 0 Å². The Morgan fingerprint density at radius 1 is 1.25 bits per heavy atom. The number of nitrogens with one attached hydrogen (secondary N) is 1. The lowest BCUT2D eigenvalue weighted by Gasteiger charge is -2.19. The first-order valence-electron chi connectivity index (χ1n) is 7.68. The van der Waals surface area contributed by atoms with Crippen LogP contribution in [0.5, 0.6) is 0 Å². The normalized spacial score (nSPS) is 13.2. The van der Waals surface area contributed by atoms with Gasteiger partial charge in [0, 0.05) is 6.92 Å². The van der Waals surface area contributed by atoms with Crippen molar-refractivity contribution in [2.45, 2.75) is 46.3 Å². The molecule has 1 amide bonds. The number of esters is 1. The lowest BCUT2D eigenvalue weighted by Crippen LogP contribution is -2.28. The van der Waals surface area contributed by atoms with Gasteiger partial charge in [-0.3, -0.25) is 9.59 Å². The Kier molecular flexibility index (Phi) is 5.68. The van der Waals surface area contributed by atoms with Crippen molar-refractivity contribution in [1.29, 1.82) is 0 Å². The van der Waals surface area contributed by atoms with Gasteiger partial charge in [0.25, 0.3) is 5.89 Å². The smallest absolute Gasteiger partial charge is 0.309 e. The van der Waals surface area contributed by atoms with Crippen LogP contribution >= 0.6 is 0 Å². The van der Waals surface area contributed by atoms with E-state index in [9.17, 15) is 9.59 Å². The van der Waals surface area contributed by atoms with Gasteiger partial charge in [-0.05, 0) is 26.3 Å². The van der Waals surface area contributed by atoms with Crippen LogP contribution in [0.1, 0.15) is 55.3 Å². The molecule has 1 aromatic heterocycles. The van der Waals surface area contributed by atoms with Gasteiger partial charge < -0.3 is 14.6 Å². The van der Waals surface area contributed by atoms with E-state index in [1.807, 2.05) is 31.2 Å². The van der Waals surface area contributed by atoms with E-state index in [1.165, 1.54) is 6.92 Å². The number of amides is 1. The van der Waals surface area contributed by atoms with Crippen LogP contribution in [-0.2, 0) is 14.3 Å². The molecule has 0 bridgehead atoms. The van der Waals surface area contributed by atoms with Crippen molar-refractivity contribution in [2.75, 3.05) is 0 Å². The van der Waals surface area contributed by atoms with E-state index < -0.39 is 18.1 Å². The quantitative estimate of drug-likeness (QED) is 0.818. The van der Waals surface area contributed by atoms with E-state index in [2.05, 4.69) is 15.5 Å². The summed E-state index contributed by atoms with van der Waals surface area (Å²) in [5.74, 6) is 0.0440. The van der Waals surface area contributed by atoms with Crippen molar-refractivity contribution in [1.82, 2.24) is 15.5 Å². The average Bonchev–Trinajstić information content (AvgIpc) is 2.93. The summed E-state index contributed by atoms with van der Waals surface area (Å²) in [5.41, 5.74) is 1.94. The van der Waals surface area contributed by atoms with Crippen LogP contribution < -0.4 is 5.32 Å². The van der Waals surface area contributed by atoms with Crippen LogP contribution in [0.2, 0.25) is 0 Å². The zero-order valence-corrected chi connectivity index (χ0v) is 14.2. The van der Waals surface area contributed by atoms with Crippen molar-refractivity contribution < 1.29 is 18.8 Å². The molecule has 1 N–H and O–H groups in total. The van der Waals surface area contributed by atoms with E-state index in [4.69, 9.17) is 9.26 Å². The molecule has 2 rings (SSSR count). The molecule has 0 aliphatic rings. The number of carbonyl (C=O) groups excluding carboxylic acids is 2. The summed E-state index contributed by atoms with van der Waals surface area (Å²) in [6, 6.07) is 7.17. The molecule has 0 fully saturated rings. The first-order chi connectivity index (χ1) is 11.3. The number of ether oxygens (including phenoxy) is 1. The predicted octanol–water partition coefficient (Wildman–Crippen LogP) is 2.56. The SMILES string of the molecule is CC(=O)NC(CC(=O)OC(C)c1nc(C)no1)c1ccc(C)cc1. The summed E-state index contributed by atoms with van der Waals surface area (Å²) < 4.78 is 10.3. The van der Waals surface area contributed by atoms with Gasteiger partial charge in [0.2, 0.25) is 5.91 Å². The van der Waals surface area contributed by atoms with Gasteiger partial charge in [-0.1, -0.05) is 35.0 Å². The van der Waals surface area contributed by atoms with Gasteiger partial charge in [0.05, 0.1) is 12.5 Å². The fourth-order valence-corrected chi connectivity index (χ4v) is 2.24. The molecule has 0 radical (unpaired) electrons. The second kappa shape index (κ2) is 7.72. The van der Waals surface area contributed by atoms with E-state index in [0.29, 0.717) is 5.82 Å². The number of aryl methyl sites for hydroxylation is 2. The van der Waals surface area contributed by atoms with E-state index in [0.717, 1.165) is 11.1 Å². The first kappa shape index (κ1) is 17.7. The molecule has 24 heavy (non-hydrogen) atoms. The Bertz CT molecular complexity index is 709. The second-order valence-electron chi connectivity index (χ2n) is 5.68. The Hall–Kier alpha value is -2.70. The Morgan fingerprint density at radius 3 is 2.46 bits per heavy atom. The highest BCUT2D eigenvalue weighted by Crippen LogP contribution is 2.21. The minimum Gasteiger partial charge on any atom is -0.452 e. The maximum atomic E-state index is 12.2. The monoisotopic (exact) mass is 331 g/mol. The summed E-state index contributed by atoms with van der Waals surface area (Å²) in [6.07, 6.45) is -0.630. The standard InChI is InChI=1S/C17H21N3O4/c1-10-5-7-14(8-6-10)15(19-13(4)21)9-16(22)23-11(2)17-18-12(3)20-24-17/h5-8,11,15H,9H2,1-4H3,(H,19,21). The molecular weight excluding hydrogens is 310 g/mol. The summed E-state index contributed by atoms with van der Waals surface area (Å²) in [7, 11) is 0. The number of benzene rings is 1. The van der Waals surface area contributed by atoms with Gasteiger partial charge in [-0.25, -0.2) is 0 Å². The van der Waals surface area contributed by atoms with Crippen molar-refractivity contribution >= 4 is 11.9 Å². The highest BCUT2D eigenvalue weighted by atomic mass is 16.6. The van der Waals surface area contributed by atoms with E-state index >= 15 is 0 Å². The number of carbonyl (C=O) groups is 2. The molecule has 1 aromatic carbocycles. The van der Waals surface area contributed by atoms with Crippen LogP contribution in [0.25, 0.3) is 0 Å². The van der Waals surface area contributed by atoms with Gasteiger partial charge >= 0.3 is 5.97 Å². The molecule has 2 atom stereocenters. The fraction of sp³-hybridized carbons (Fsp3) is 0.412. The summed E-state index contributed by atoms with van der Waals surface area (Å²) in [4.78, 5) is 27.7. The van der Waals surface area contributed by atoms with Gasteiger partial charge in [0.1, 0.15) is 0 Å². The molecule has 1 heterocycles. The third kappa shape index (κ3) is 4.91. The molecule has 0 spiro atoms. The number of nitrogens with zero attached hydrogens (tertiary/aromatic N) is 2. The molecule has 7 nitrogen and oxygen atoms in total. The zero-order valence-electron chi connectivity index (χ0n) is 14.2. The van der Waals surface area contributed by atoms with Crippen LogP contribution in [0.4, 0.5) is 0 Å². The summed E-state index contributed by atoms with van der Waals surface area (Å²) in [6.45, 7) is 6.73. The number of hydrogen-bond acceptors (Lipinski definition) is 6. The minimum absolute atomic E-state index is 0.0140. The minimum atomic E-state index is -0.644. The molecule has 0 aliphatic carbocycles. The first-order valence-corrected chi connectivity index (χ1v) is 7.68. The van der Waals surface area contributed by atoms with Crippen molar-refractivity contribution in [3.63, 3.8) is 0 Å². The second-order valence-corrected chi connectivity index (χ2v) is 5.68. The van der Waals surface area contributed by atoms with Crippen LogP contribution in [0, 0.1) is 13.8 Å². The Balaban J connectivity index is 2.04. The lowest BCUT2D eigenvalue weighted by atomic mass is 10.0. The topological polar surface area (TPSA) is 94.3 Å². The third-order valence-corrected chi connectivity index (χ3v) is 3.43. The van der Waals surface area contributed by atoms with Crippen LogP contribution in [-0.4, -0.2) is 22.0 Å². The largest absolute Gasteiger partial charge is 0.452 e. The Labute approximate surface area is 140 Å². The van der Waals surface area contributed by atoms with Crippen molar-refractivity contribution in [3.8, 4) is 0 Å². The van der Waals surface area contributed by atoms with Crippen molar-refractivity contribution in [3.05, 3.63) is 47.1 Å². The molecule has 7 heteroatoms. The summed E-state index contributed by atoms with van der Waals surface area (Å²) >= 11 is 0. The number of rotatable bonds is 6. The number of aromatic nitrogens is 2. The number of hydrogen-bond donors (Lipinski definition) is 1.